The molecule has 5 nitrogen and oxygen atoms in total. The summed E-state index contributed by atoms with van der Waals surface area (Å²) in [5.41, 5.74) is 2.27. The van der Waals surface area contributed by atoms with Crippen LogP contribution in [0.25, 0.3) is 11.3 Å². The zero-order valence-corrected chi connectivity index (χ0v) is 14.9. The fraction of sp³-hybridized carbons (Fsp3) is 0.200. The topological polar surface area (TPSA) is 56.9 Å². The van der Waals surface area contributed by atoms with Crippen LogP contribution in [0.3, 0.4) is 0 Å². The minimum absolute atomic E-state index is 0.0299. The summed E-state index contributed by atoms with van der Waals surface area (Å²) in [6.45, 7) is 3.73. The number of benzene rings is 2. The van der Waals surface area contributed by atoms with Gasteiger partial charge in [0.05, 0.1) is 0 Å². The number of hydrogen-bond acceptors (Lipinski definition) is 5. The zero-order valence-electron chi connectivity index (χ0n) is 14.9. The van der Waals surface area contributed by atoms with Gasteiger partial charge >= 0.3 is 12.0 Å². The molecule has 2 aromatic carbocycles. The summed E-state index contributed by atoms with van der Waals surface area (Å²) in [6.07, 6.45) is -4.07. The molecule has 1 atom stereocenters. The summed E-state index contributed by atoms with van der Waals surface area (Å²) in [5.74, 6) is -3.42. The maximum atomic E-state index is 14.1. The smallest absolute Gasteiger partial charge is 0.418 e. The first-order chi connectivity index (χ1) is 13.3. The molecule has 0 N–H and O–H groups in total. The first-order valence-electron chi connectivity index (χ1n) is 8.41. The van der Waals surface area contributed by atoms with Gasteiger partial charge in [-0.1, -0.05) is 52.7 Å². The van der Waals surface area contributed by atoms with E-state index in [9.17, 15) is 13.2 Å². The number of halogens is 3. The Morgan fingerprint density at radius 1 is 0.857 bits per heavy atom. The van der Waals surface area contributed by atoms with Gasteiger partial charge in [0, 0.05) is 11.1 Å². The van der Waals surface area contributed by atoms with E-state index in [0.29, 0.717) is 11.1 Å². The summed E-state index contributed by atoms with van der Waals surface area (Å²) in [6, 6.07) is 13.5. The van der Waals surface area contributed by atoms with E-state index in [1.165, 1.54) is 0 Å². The predicted molar refractivity (Wildman–Crippen MR) is 94.3 cm³/mol. The highest BCUT2D eigenvalue weighted by atomic mass is 19.4. The molecule has 1 aliphatic heterocycles. The number of nitrogens with zero attached hydrogens (tertiary/aromatic N) is 2. The summed E-state index contributed by atoms with van der Waals surface area (Å²) < 4.78 is 52.4. The van der Waals surface area contributed by atoms with Crippen molar-refractivity contribution in [2.75, 3.05) is 0 Å². The van der Waals surface area contributed by atoms with Gasteiger partial charge in [-0.05, 0) is 31.1 Å². The monoisotopic (exact) mass is 388 g/mol. The van der Waals surface area contributed by atoms with E-state index in [-0.39, 0.29) is 11.6 Å². The Bertz CT molecular complexity index is 1020. The predicted octanol–water partition coefficient (Wildman–Crippen LogP) is 5.08. The number of aryl methyl sites for hydroxylation is 2. The number of rotatable bonds is 3. The molecule has 2 heterocycles. The number of alkyl halides is 3. The first-order valence-corrected chi connectivity index (χ1v) is 8.41. The Morgan fingerprint density at radius 2 is 1.43 bits per heavy atom. The van der Waals surface area contributed by atoms with E-state index >= 15 is 0 Å². The standard InChI is InChI=1S/C20H15F3N2O3/c1-12-3-7-14(8-4-12)17-16(11-26-24-17)19(20(21,22)23)27-18(25-28-19)15-9-5-13(2)6-10-15/h3-11H,1-2H3. The van der Waals surface area contributed by atoms with Crippen LogP contribution in [-0.4, -0.2) is 17.2 Å². The lowest BCUT2D eigenvalue weighted by atomic mass is 10.00. The highest BCUT2D eigenvalue weighted by Gasteiger charge is 2.67. The number of ether oxygens (including phenoxy) is 1. The van der Waals surface area contributed by atoms with Gasteiger partial charge < -0.3 is 14.1 Å². The van der Waals surface area contributed by atoms with Gasteiger partial charge in [-0.3, -0.25) is 0 Å². The van der Waals surface area contributed by atoms with Crippen molar-refractivity contribution in [1.29, 1.82) is 0 Å². The average molecular weight is 388 g/mol. The van der Waals surface area contributed by atoms with Gasteiger partial charge in [0.2, 0.25) is 0 Å². The third kappa shape index (κ3) is 2.90. The van der Waals surface area contributed by atoms with E-state index in [2.05, 4.69) is 10.3 Å². The van der Waals surface area contributed by atoms with Gasteiger partial charge in [0.1, 0.15) is 17.5 Å². The Hall–Kier alpha value is -3.29. The second-order valence-electron chi connectivity index (χ2n) is 6.51. The molecule has 0 amide bonds. The summed E-state index contributed by atoms with van der Waals surface area (Å²) in [4.78, 5) is 4.87. The van der Waals surface area contributed by atoms with Crippen LogP contribution in [0.1, 0.15) is 22.3 Å². The molecule has 1 unspecified atom stereocenters. The molecule has 4 rings (SSSR count). The van der Waals surface area contributed by atoms with E-state index in [0.717, 1.165) is 17.4 Å². The van der Waals surface area contributed by atoms with E-state index in [1.54, 1.807) is 48.5 Å². The summed E-state index contributed by atoms with van der Waals surface area (Å²) in [7, 11) is 0. The van der Waals surface area contributed by atoms with Crippen molar-refractivity contribution in [3.63, 3.8) is 0 Å². The van der Waals surface area contributed by atoms with Crippen LogP contribution in [0.4, 0.5) is 13.2 Å². The second kappa shape index (κ2) is 6.40. The number of hydrogen-bond donors (Lipinski definition) is 0. The quantitative estimate of drug-likeness (QED) is 0.628. The van der Waals surface area contributed by atoms with Gasteiger partial charge in [-0.15, -0.1) is 0 Å². The van der Waals surface area contributed by atoms with E-state index in [4.69, 9.17) is 14.1 Å². The van der Waals surface area contributed by atoms with E-state index in [1.807, 2.05) is 13.8 Å². The first kappa shape index (κ1) is 18.1. The van der Waals surface area contributed by atoms with Crippen molar-refractivity contribution < 1.29 is 27.3 Å². The fourth-order valence-corrected chi connectivity index (χ4v) is 2.84. The normalized spacial score (nSPS) is 19.1. The number of oxime groups is 1. The summed E-state index contributed by atoms with van der Waals surface area (Å²) >= 11 is 0. The van der Waals surface area contributed by atoms with Crippen LogP contribution in [-0.2, 0) is 15.4 Å². The molecule has 0 aliphatic carbocycles. The molecule has 1 aromatic heterocycles. The van der Waals surface area contributed by atoms with Crippen LogP contribution < -0.4 is 0 Å². The zero-order chi connectivity index (χ0) is 19.9. The SMILES string of the molecule is Cc1ccc(C2=NOC(c3conc3-c3ccc(C)cc3)(C(F)(F)F)O2)cc1. The van der Waals surface area contributed by atoms with Gasteiger partial charge in [0.15, 0.2) is 0 Å². The van der Waals surface area contributed by atoms with Gasteiger partial charge in [-0.25, -0.2) is 0 Å². The third-order valence-corrected chi connectivity index (χ3v) is 4.42. The highest BCUT2D eigenvalue weighted by molar-refractivity contribution is 5.94. The molecule has 0 saturated heterocycles. The van der Waals surface area contributed by atoms with E-state index < -0.39 is 17.5 Å². The molecule has 1 aliphatic rings. The molecule has 28 heavy (non-hydrogen) atoms. The van der Waals surface area contributed by atoms with Crippen molar-refractivity contribution in [1.82, 2.24) is 5.16 Å². The Morgan fingerprint density at radius 3 is 2.00 bits per heavy atom. The number of aromatic nitrogens is 1. The maximum absolute atomic E-state index is 14.1. The molecule has 8 heteroatoms. The highest BCUT2D eigenvalue weighted by Crippen LogP contribution is 2.49. The molecular weight excluding hydrogens is 373 g/mol. The molecule has 0 saturated carbocycles. The fourth-order valence-electron chi connectivity index (χ4n) is 2.84. The Labute approximate surface area is 158 Å². The van der Waals surface area contributed by atoms with Crippen LogP contribution in [0.15, 0.2) is 64.5 Å². The van der Waals surface area contributed by atoms with Crippen molar-refractivity contribution in [2.45, 2.75) is 25.8 Å². The molecule has 0 radical (unpaired) electrons. The van der Waals surface area contributed by atoms with Crippen LogP contribution in [0.5, 0.6) is 0 Å². The van der Waals surface area contributed by atoms with Crippen molar-refractivity contribution in [2.24, 2.45) is 5.16 Å². The molecule has 0 fully saturated rings. The largest absolute Gasteiger partial charge is 0.475 e. The lowest BCUT2D eigenvalue weighted by Gasteiger charge is -2.27. The lowest BCUT2D eigenvalue weighted by molar-refractivity contribution is -0.352. The van der Waals surface area contributed by atoms with Crippen molar-refractivity contribution in [3.05, 3.63) is 77.0 Å². The average Bonchev–Trinajstić information content (AvgIpc) is 3.30. The molecular formula is C20H15F3N2O3. The minimum Gasteiger partial charge on any atom is -0.418 e. The molecule has 0 bridgehead atoms. The maximum Gasteiger partial charge on any atom is 0.475 e. The lowest BCUT2D eigenvalue weighted by Crippen LogP contribution is -2.44. The van der Waals surface area contributed by atoms with Crippen LogP contribution in [0.2, 0.25) is 0 Å². The third-order valence-electron chi connectivity index (χ3n) is 4.42. The molecule has 3 aromatic rings. The minimum atomic E-state index is -4.94. The van der Waals surface area contributed by atoms with Crippen LogP contribution in [0, 0.1) is 13.8 Å². The Kier molecular flexibility index (Phi) is 4.14. The molecule has 144 valence electrons. The van der Waals surface area contributed by atoms with Crippen molar-refractivity contribution in [3.8, 4) is 11.3 Å². The van der Waals surface area contributed by atoms with Gasteiger partial charge in [0.25, 0.3) is 5.90 Å². The van der Waals surface area contributed by atoms with Crippen molar-refractivity contribution >= 4 is 5.90 Å². The van der Waals surface area contributed by atoms with Gasteiger partial charge in [-0.2, -0.15) is 13.2 Å². The Balaban J connectivity index is 1.77. The molecule has 0 spiro atoms. The second-order valence-corrected chi connectivity index (χ2v) is 6.51. The van der Waals surface area contributed by atoms with Crippen LogP contribution >= 0.6 is 0 Å². The summed E-state index contributed by atoms with van der Waals surface area (Å²) in [5, 5.41) is 7.31.